The highest BCUT2D eigenvalue weighted by atomic mass is 35.5. The number of nitriles is 1. The molecule has 0 spiro atoms. The number of nitrogens with one attached hydrogen (secondary N) is 2. The van der Waals surface area contributed by atoms with Gasteiger partial charge in [-0.2, -0.15) is 5.26 Å². The fourth-order valence-corrected chi connectivity index (χ4v) is 4.71. The maximum atomic E-state index is 12.3. The number of fused-ring (bicyclic) bond motifs is 1. The van der Waals surface area contributed by atoms with Gasteiger partial charge in [0.1, 0.15) is 11.1 Å². The molecule has 136 valence electrons. The molecular formula is C20H22ClN3OS. The lowest BCUT2D eigenvalue weighted by molar-refractivity contribution is -0.116. The van der Waals surface area contributed by atoms with Crippen LogP contribution in [-0.2, 0) is 17.6 Å². The Kier molecular flexibility index (Phi) is 6.31. The lowest BCUT2D eigenvalue weighted by atomic mass is 9.96. The summed E-state index contributed by atoms with van der Waals surface area (Å²) in [7, 11) is 0. The topological polar surface area (TPSA) is 64.9 Å². The first-order valence-corrected chi connectivity index (χ1v) is 10.1. The van der Waals surface area contributed by atoms with E-state index in [0.29, 0.717) is 28.6 Å². The summed E-state index contributed by atoms with van der Waals surface area (Å²) in [6, 6.07) is 10.1. The Labute approximate surface area is 163 Å². The highest BCUT2D eigenvalue weighted by Crippen LogP contribution is 2.37. The van der Waals surface area contributed by atoms with Crippen LogP contribution in [0.15, 0.2) is 24.3 Å². The third kappa shape index (κ3) is 4.45. The van der Waals surface area contributed by atoms with Crippen molar-refractivity contribution in [2.24, 2.45) is 0 Å². The van der Waals surface area contributed by atoms with E-state index in [0.717, 1.165) is 36.8 Å². The van der Waals surface area contributed by atoms with E-state index in [2.05, 4.69) is 16.7 Å². The van der Waals surface area contributed by atoms with Crippen LogP contribution in [0.3, 0.4) is 0 Å². The van der Waals surface area contributed by atoms with E-state index in [1.165, 1.54) is 4.88 Å². The van der Waals surface area contributed by atoms with Gasteiger partial charge in [-0.1, -0.05) is 23.7 Å². The lowest BCUT2D eigenvalue weighted by Crippen LogP contribution is -2.24. The van der Waals surface area contributed by atoms with Crippen LogP contribution >= 0.6 is 22.9 Å². The molecule has 1 aliphatic carbocycles. The van der Waals surface area contributed by atoms with Gasteiger partial charge in [-0.15, -0.1) is 11.3 Å². The number of nitrogens with zero attached hydrogens (tertiary/aromatic N) is 1. The van der Waals surface area contributed by atoms with E-state index in [1.54, 1.807) is 11.3 Å². The number of rotatable bonds is 6. The van der Waals surface area contributed by atoms with Gasteiger partial charge in [-0.05, 0) is 55.9 Å². The molecule has 0 saturated heterocycles. The van der Waals surface area contributed by atoms with Gasteiger partial charge in [-0.3, -0.25) is 4.79 Å². The molecule has 1 heterocycles. The van der Waals surface area contributed by atoms with Crippen LogP contribution < -0.4 is 10.6 Å². The number of carbonyl (C=O) groups excluding carboxylic acids is 1. The molecule has 3 rings (SSSR count). The quantitative estimate of drug-likeness (QED) is 0.745. The molecule has 0 radical (unpaired) electrons. The smallest absolute Gasteiger partial charge is 0.226 e. The van der Waals surface area contributed by atoms with Crippen molar-refractivity contribution < 1.29 is 4.79 Å². The van der Waals surface area contributed by atoms with E-state index in [4.69, 9.17) is 11.6 Å². The maximum Gasteiger partial charge on any atom is 0.226 e. The summed E-state index contributed by atoms with van der Waals surface area (Å²) in [5, 5.41) is 17.2. The number of aryl methyl sites for hydroxylation is 1. The molecule has 2 N–H and O–H groups in total. The summed E-state index contributed by atoms with van der Waals surface area (Å²) in [6.07, 6.45) is 4.61. The second-order valence-corrected chi connectivity index (χ2v) is 8.10. The van der Waals surface area contributed by atoms with Crippen molar-refractivity contribution in [1.82, 2.24) is 5.32 Å². The summed E-state index contributed by atoms with van der Waals surface area (Å²) in [5.41, 5.74) is 2.90. The van der Waals surface area contributed by atoms with Crippen molar-refractivity contribution in [2.75, 3.05) is 11.9 Å². The van der Waals surface area contributed by atoms with Crippen LogP contribution in [0.5, 0.6) is 0 Å². The molecule has 1 atom stereocenters. The predicted octanol–water partition coefficient (Wildman–Crippen LogP) is 4.83. The molecule has 0 aliphatic heterocycles. The predicted molar refractivity (Wildman–Crippen MR) is 107 cm³/mol. The first-order valence-electron chi connectivity index (χ1n) is 8.92. The summed E-state index contributed by atoms with van der Waals surface area (Å²) in [5.74, 6) is -0.0640. The van der Waals surface area contributed by atoms with Crippen LogP contribution in [0.1, 0.15) is 53.8 Å². The van der Waals surface area contributed by atoms with Gasteiger partial charge in [0.2, 0.25) is 5.91 Å². The zero-order valence-electron chi connectivity index (χ0n) is 14.8. The average molecular weight is 388 g/mol. The minimum absolute atomic E-state index is 0.0640. The van der Waals surface area contributed by atoms with E-state index in [1.807, 2.05) is 31.2 Å². The second kappa shape index (κ2) is 8.68. The number of amides is 1. The van der Waals surface area contributed by atoms with Crippen molar-refractivity contribution in [3.8, 4) is 6.07 Å². The molecule has 0 fully saturated rings. The third-order valence-corrected chi connectivity index (χ3v) is 6.13. The van der Waals surface area contributed by atoms with Crippen LogP contribution in [0.4, 0.5) is 5.00 Å². The summed E-state index contributed by atoms with van der Waals surface area (Å²) < 4.78 is 0. The fraction of sp³-hybridized carbons (Fsp3) is 0.400. The molecule has 1 aromatic carbocycles. The Hall–Kier alpha value is -1.87. The number of thiophene rings is 1. The molecule has 6 heteroatoms. The van der Waals surface area contributed by atoms with Crippen LogP contribution in [0.2, 0.25) is 5.02 Å². The molecule has 4 nitrogen and oxygen atoms in total. The van der Waals surface area contributed by atoms with E-state index in [9.17, 15) is 10.1 Å². The summed E-state index contributed by atoms with van der Waals surface area (Å²) in [4.78, 5) is 13.6. The molecule has 26 heavy (non-hydrogen) atoms. The van der Waals surface area contributed by atoms with Crippen LogP contribution in [-0.4, -0.2) is 12.5 Å². The zero-order valence-corrected chi connectivity index (χ0v) is 16.3. The number of halogens is 1. The molecule has 2 aromatic rings. The van der Waals surface area contributed by atoms with Gasteiger partial charge in [0.05, 0.1) is 5.56 Å². The molecule has 1 aliphatic rings. The van der Waals surface area contributed by atoms with Crippen LogP contribution in [0.25, 0.3) is 0 Å². The zero-order chi connectivity index (χ0) is 18.5. The number of carbonyl (C=O) groups is 1. The minimum Gasteiger partial charge on any atom is -0.317 e. The van der Waals surface area contributed by atoms with Crippen molar-refractivity contribution in [2.45, 2.75) is 45.1 Å². The highest BCUT2D eigenvalue weighted by Gasteiger charge is 2.21. The van der Waals surface area contributed by atoms with Gasteiger partial charge >= 0.3 is 0 Å². The standard InChI is InChI=1S/C20H22ClN3OS/c1-13(14-5-4-6-15(21)11-14)23-10-9-19(25)24-20-17(12-22)16-7-2-3-8-18(16)26-20/h4-6,11,13,23H,2-3,7-10H2,1H3,(H,24,25)/t13-/m1/s1. The molecule has 0 bridgehead atoms. The highest BCUT2D eigenvalue weighted by molar-refractivity contribution is 7.16. The SMILES string of the molecule is C[C@@H](NCCC(=O)Nc1sc2c(c1C#N)CCCC2)c1cccc(Cl)c1. The number of benzene rings is 1. The Balaban J connectivity index is 1.53. The maximum absolute atomic E-state index is 12.3. The Morgan fingerprint density at radius 3 is 2.96 bits per heavy atom. The Morgan fingerprint density at radius 2 is 2.19 bits per heavy atom. The van der Waals surface area contributed by atoms with Gasteiger partial charge in [0.15, 0.2) is 0 Å². The molecule has 1 amide bonds. The number of hydrogen-bond acceptors (Lipinski definition) is 4. The first-order chi connectivity index (χ1) is 12.6. The van der Waals surface area contributed by atoms with Crippen molar-refractivity contribution in [3.63, 3.8) is 0 Å². The minimum atomic E-state index is -0.0640. The van der Waals surface area contributed by atoms with Gasteiger partial charge in [0, 0.05) is 28.9 Å². The third-order valence-electron chi connectivity index (χ3n) is 4.69. The first kappa shape index (κ1) is 18.9. The monoisotopic (exact) mass is 387 g/mol. The fourth-order valence-electron chi connectivity index (χ4n) is 3.26. The van der Waals surface area contributed by atoms with E-state index in [-0.39, 0.29) is 11.9 Å². The normalized spacial score (nSPS) is 14.3. The lowest BCUT2D eigenvalue weighted by Gasteiger charge is -2.14. The molecule has 0 unspecified atom stereocenters. The molecule has 0 saturated carbocycles. The van der Waals surface area contributed by atoms with Gasteiger partial charge in [-0.25, -0.2) is 0 Å². The van der Waals surface area contributed by atoms with Gasteiger partial charge in [0.25, 0.3) is 0 Å². The average Bonchev–Trinajstić information content (AvgIpc) is 2.98. The Morgan fingerprint density at radius 1 is 1.38 bits per heavy atom. The van der Waals surface area contributed by atoms with E-state index < -0.39 is 0 Å². The summed E-state index contributed by atoms with van der Waals surface area (Å²) >= 11 is 7.58. The Bertz CT molecular complexity index is 840. The number of anilines is 1. The van der Waals surface area contributed by atoms with E-state index >= 15 is 0 Å². The molecule has 1 aromatic heterocycles. The molecular weight excluding hydrogens is 366 g/mol. The van der Waals surface area contributed by atoms with Crippen molar-refractivity contribution in [1.29, 1.82) is 5.26 Å². The van der Waals surface area contributed by atoms with Gasteiger partial charge < -0.3 is 10.6 Å². The van der Waals surface area contributed by atoms with Crippen LogP contribution in [0, 0.1) is 11.3 Å². The number of hydrogen-bond donors (Lipinski definition) is 2. The largest absolute Gasteiger partial charge is 0.317 e. The van der Waals surface area contributed by atoms with Crippen molar-refractivity contribution in [3.05, 3.63) is 50.9 Å². The second-order valence-electron chi connectivity index (χ2n) is 6.56. The summed E-state index contributed by atoms with van der Waals surface area (Å²) in [6.45, 7) is 2.61. The van der Waals surface area contributed by atoms with Crippen molar-refractivity contribution >= 4 is 33.8 Å².